The Labute approximate surface area is 178 Å². The summed E-state index contributed by atoms with van der Waals surface area (Å²) in [4.78, 5) is 15.2. The van der Waals surface area contributed by atoms with Crippen molar-refractivity contribution in [1.82, 2.24) is 4.90 Å². The van der Waals surface area contributed by atoms with Gasteiger partial charge in [-0.3, -0.25) is 9.69 Å². The summed E-state index contributed by atoms with van der Waals surface area (Å²) in [5.41, 5.74) is 2.32. The van der Waals surface area contributed by atoms with Crippen LogP contribution in [0.1, 0.15) is 41.6 Å². The number of nitrogens with one attached hydrogen (secondary N) is 1. The number of anilines is 1. The van der Waals surface area contributed by atoms with E-state index in [-0.39, 0.29) is 11.2 Å². The van der Waals surface area contributed by atoms with E-state index < -0.39 is 9.84 Å². The standard InChI is InChI=1S/C23H28N2O4S/c26-23(19-7-5-18(6-8-19)17-25-13-15-29-16-14-25)24-20-9-11-22(12-10-20)30(27,28)21-3-1-2-4-21/h5-12,21H,1-4,13-17H2,(H,24,26). The molecule has 1 saturated heterocycles. The number of hydrogen-bond acceptors (Lipinski definition) is 5. The molecule has 6 nitrogen and oxygen atoms in total. The monoisotopic (exact) mass is 428 g/mol. The van der Waals surface area contributed by atoms with Crippen molar-refractivity contribution in [2.75, 3.05) is 31.6 Å². The molecule has 7 heteroatoms. The van der Waals surface area contributed by atoms with Gasteiger partial charge in [-0.2, -0.15) is 0 Å². The molecule has 2 aromatic carbocycles. The molecule has 2 aliphatic rings. The molecule has 0 atom stereocenters. The molecule has 30 heavy (non-hydrogen) atoms. The maximum atomic E-state index is 12.7. The lowest BCUT2D eigenvalue weighted by Gasteiger charge is -2.26. The Morgan fingerprint density at radius 2 is 1.60 bits per heavy atom. The van der Waals surface area contributed by atoms with Gasteiger partial charge in [-0.05, 0) is 54.8 Å². The maximum Gasteiger partial charge on any atom is 0.255 e. The molecular formula is C23H28N2O4S. The van der Waals surface area contributed by atoms with E-state index >= 15 is 0 Å². The molecule has 0 aromatic heterocycles. The predicted molar refractivity (Wildman–Crippen MR) is 116 cm³/mol. The molecule has 160 valence electrons. The van der Waals surface area contributed by atoms with Crippen LogP contribution < -0.4 is 5.32 Å². The minimum atomic E-state index is -3.28. The van der Waals surface area contributed by atoms with Gasteiger partial charge in [-0.25, -0.2) is 8.42 Å². The number of amides is 1. The summed E-state index contributed by atoms with van der Waals surface area (Å²) in [6, 6.07) is 14.1. The van der Waals surface area contributed by atoms with Crippen molar-refractivity contribution in [3.63, 3.8) is 0 Å². The second kappa shape index (κ2) is 9.29. The van der Waals surface area contributed by atoms with Gasteiger partial charge in [0.15, 0.2) is 9.84 Å². The van der Waals surface area contributed by atoms with E-state index in [0.717, 1.165) is 64.1 Å². The molecule has 1 N–H and O–H groups in total. The highest BCUT2D eigenvalue weighted by Gasteiger charge is 2.30. The van der Waals surface area contributed by atoms with Crippen molar-refractivity contribution >= 4 is 21.4 Å². The highest BCUT2D eigenvalue weighted by molar-refractivity contribution is 7.92. The fourth-order valence-corrected chi connectivity index (χ4v) is 5.96. The molecule has 0 radical (unpaired) electrons. The highest BCUT2D eigenvalue weighted by Crippen LogP contribution is 2.30. The van der Waals surface area contributed by atoms with E-state index in [1.165, 1.54) is 0 Å². The predicted octanol–water partition coefficient (Wildman–Crippen LogP) is 3.49. The summed E-state index contributed by atoms with van der Waals surface area (Å²) >= 11 is 0. The zero-order valence-electron chi connectivity index (χ0n) is 17.0. The number of sulfone groups is 1. The van der Waals surface area contributed by atoms with Gasteiger partial charge in [0.2, 0.25) is 0 Å². The van der Waals surface area contributed by atoms with E-state index in [2.05, 4.69) is 10.2 Å². The number of morpholine rings is 1. The lowest BCUT2D eigenvalue weighted by Crippen LogP contribution is -2.35. The van der Waals surface area contributed by atoms with E-state index in [0.29, 0.717) is 16.1 Å². The molecule has 4 rings (SSSR count). The molecular weight excluding hydrogens is 400 g/mol. The van der Waals surface area contributed by atoms with E-state index in [1.54, 1.807) is 24.3 Å². The number of hydrogen-bond donors (Lipinski definition) is 1. The number of nitrogens with zero attached hydrogens (tertiary/aromatic N) is 1. The molecule has 1 amide bonds. The molecule has 1 aliphatic carbocycles. The minimum absolute atomic E-state index is 0.209. The Morgan fingerprint density at radius 1 is 0.967 bits per heavy atom. The van der Waals surface area contributed by atoms with Crippen molar-refractivity contribution in [3.8, 4) is 0 Å². The Kier molecular flexibility index (Phi) is 6.51. The zero-order chi connectivity index (χ0) is 21.0. The number of benzene rings is 2. The summed E-state index contributed by atoms with van der Waals surface area (Å²) in [5.74, 6) is -0.209. The van der Waals surface area contributed by atoms with Crippen molar-refractivity contribution in [2.45, 2.75) is 42.4 Å². The quantitative estimate of drug-likeness (QED) is 0.762. The van der Waals surface area contributed by atoms with Gasteiger partial charge in [0.05, 0.1) is 23.4 Å². The molecule has 1 heterocycles. The Balaban J connectivity index is 1.36. The van der Waals surface area contributed by atoms with Crippen LogP contribution in [0, 0.1) is 0 Å². The summed E-state index contributed by atoms with van der Waals surface area (Å²) in [7, 11) is -3.28. The van der Waals surface area contributed by atoms with E-state index in [4.69, 9.17) is 4.74 Å². The normalized spacial score (nSPS) is 18.4. The Hall–Kier alpha value is -2.22. The maximum absolute atomic E-state index is 12.7. The van der Waals surface area contributed by atoms with Gasteiger partial charge in [-0.15, -0.1) is 0 Å². The van der Waals surface area contributed by atoms with Crippen LogP contribution in [-0.4, -0.2) is 50.8 Å². The summed E-state index contributed by atoms with van der Waals surface area (Å²) in [6.45, 7) is 4.23. The van der Waals surface area contributed by atoms with Crippen LogP contribution >= 0.6 is 0 Å². The van der Waals surface area contributed by atoms with Gasteiger partial charge in [-0.1, -0.05) is 25.0 Å². The third kappa shape index (κ3) is 4.91. The van der Waals surface area contributed by atoms with Crippen LogP contribution in [0.3, 0.4) is 0 Å². The molecule has 0 unspecified atom stereocenters. The van der Waals surface area contributed by atoms with Crippen molar-refractivity contribution in [1.29, 1.82) is 0 Å². The number of carbonyl (C=O) groups is 1. The molecule has 2 aromatic rings. The van der Waals surface area contributed by atoms with E-state index in [9.17, 15) is 13.2 Å². The SMILES string of the molecule is O=C(Nc1ccc(S(=O)(=O)C2CCCC2)cc1)c1ccc(CN2CCOCC2)cc1. The fourth-order valence-electron chi connectivity index (χ4n) is 4.10. The summed E-state index contributed by atoms with van der Waals surface area (Å²) in [6.07, 6.45) is 3.43. The summed E-state index contributed by atoms with van der Waals surface area (Å²) < 4.78 is 30.7. The molecule has 1 saturated carbocycles. The fraction of sp³-hybridized carbons (Fsp3) is 0.435. The van der Waals surface area contributed by atoms with Crippen molar-refractivity contribution < 1.29 is 17.9 Å². The van der Waals surface area contributed by atoms with Crippen LogP contribution in [0.5, 0.6) is 0 Å². The molecule has 0 bridgehead atoms. The smallest absolute Gasteiger partial charge is 0.255 e. The topological polar surface area (TPSA) is 75.7 Å². The number of rotatable bonds is 6. The molecule has 1 aliphatic heterocycles. The van der Waals surface area contributed by atoms with Gasteiger partial charge >= 0.3 is 0 Å². The molecule has 2 fully saturated rings. The van der Waals surface area contributed by atoms with E-state index in [1.807, 2.05) is 24.3 Å². The van der Waals surface area contributed by atoms with Crippen LogP contribution in [0.25, 0.3) is 0 Å². The lowest BCUT2D eigenvalue weighted by atomic mass is 10.1. The van der Waals surface area contributed by atoms with Crippen molar-refractivity contribution in [2.24, 2.45) is 0 Å². The third-order valence-electron chi connectivity index (χ3n) is 5.91. The van der Waals surface area contributed by atoms with Gasteiger partial charge in [0.1, 0.15) is 0 Å². The largest absolute Gasteiger partial charge is 0.379 e. The summed E-state index contributed by atoms with van der Waals surface area (Å²) in [5, 5.41) is 2.58. The minimum Gasteiger partial charge on any atom is -0.379 e. The Morgan fingerprint density at radius 3 is 2.23 bits per heavy atom. The van der Waals surface area contributed by atoms with Gasteiger partial charge < -0.3 is 10.1 Å². The first-order chi connectivity index (χ1) is 14.5. The van der Waals surface area contributed by atoms with Crippen molar-refractivity contribution in [3.05, 3.63) is 59.7 Å². The second-order valence-electron chi connectivity index (χ2n) is 8.02. The van der Waals surface area contributed by atoms with Crippen LogP contribution in [0.4, 0.5) is 5.69 Å². The zero-order valence-corrected chi connectivity index (χ0v) is 17.9. The number of ether oxygens (including phenoxy) is 1. The average molecular weight is 429 g/mol. The van der Waals surface area contributed by atoms with Crippen LogP contribution in [-0.2, 0) is 21.1 Å². The lowest BCUT2D eigenvalue weighted by molar-refractivity contribution is 0.0342. The first-order valence-electron chi connectivity index (χ1n) is 10.6. The first-order valence-corrected chi connectivity index (χ1v) is 12.1. The third-order valence-corrected chi connectivity index (χ3v) is 8.19. The Bertz CT molecular complexity index is 959. The average Bonchev–Trinajstić information content (AvgIpc) is 3.31. The molecule has 0 spiro atoms. The second-order valence-corrected chi connectivity index (χ2v) is 10.2. The van der Waals surface area contributed by atoms with Crippen LogP contribution in [0.15, 0.2) is 53.4 Å². The van der Waals surface area contributed by atoms with Gasteiger partial charge in [0.25, 0.3) is 5.91 Å². The van der Waals surface area contributed by atoms with Crippen LogP contribution in [0.2, 0.25) is 0 Å². The van der Waals surface area contributed by atoms with Gasteiger partial charge in [0, 0.05) is 30.9 Å². The number of carbonyl (C=O) groups excluding carboxylic acids is 1. The first kappa shape index (κ1) is 21.0. The highest BCUT2D eigenvalue weighted by atomic mass is 32.2.